The van der Waals surface area contributed by atoms with Crippen molar-refractivity contribution in [2.45, 2.75) is 38.1 Å². The van der Waals surface area contributed by atoms with E-state index in [9.17, 15) is 4.79 Å². The highest BCUT2D eigenvalue weighted by Gasteiger charge is 2.49. The van der Waals surface area contributed by atoms with Gasteiger partial charge in [0.05, 0.1) is 19.2 Å². The zero-order valence-corrected chi connectivity index (χ0v) is 12.9. The fourth-order valence-corrected chi connectivity index (χ4v) is 2.99. The van der Waals surface area contributed by atoms with Gasteiger partial charge in [-0.15, -0.1) is 0 Å². The molecule has 0 atom stereocenters. The molecule has 0 aliphatic heterocycles. The number of aliphatic imine (C=N–C) groups is 1. The van der Waals surface area contributed by atoms with E-state index in [4.69, 9.17) is 21.1 Å². The first-order chi connectivity index (χ1) is 9.50. The van der Waals surface area contributed by atoms with E-state index in [1.54, 1.807) is 20.3 Å². The topological polar surface area (TPSA) is 47.9 Å². The predicted octanol–water partition coefficient (Wildman–Crippen LogP) is 3.81. The van der Waals surface area contributed by atoms with Crippen LogP contribution in [0, 0.1) is 0 Å². The summed E-state index contributed by atoms with van der Waals surface area (Å²) >= 11 is 6.55. The highest BCUT2D eigenvalue weighted by molar-refractivity contribution is 6.32. The van der Waals surface area contributed by atoms with Crippen LogP contribution in [0.2, 0.25) is 5.02 Å². The first-order valence-electron chi connectivity index (χ1n) is 6.54. The van der Waals surface area contributed by atoms with Gasteiger partial charge in [-0.25, -0.2) is 4.79 Å². The predicted molar refractivity (Wildman–Crippen MR) is 77.7 cm³/mol. The molecule has 1 saturated carbocycles. The van der Waals surface area contributed by atoms with Gasteiger partial charge in [0.2, 0.25) is 6.08 Å². The molecular weight excluding hydrogens is 278 g/mol. The second-order valence-electron chi connectivity index (χ2n) is 5.28. The Labute approximate surface area is 123 Å². The van der Waals surface area contributed by atoms with Gasteiger partial charge in [-0.05, 0) is 30.4 Å². The summed E-state index contributed by atoms with van der Waals surface area (Å²) in [6.45, 7) is 4.11. The third kappa shape index (κ3) is 2.30. The summed E-state index contributed by atoms with van der Waals surface area (Å²) in [6.07, 6.45) is 3.19. The Bertz CT molecular complexity index is 573. The summed E-state index contributed by atoms with van der Waals surface area (Å²) in [6, 6.07) is 1.88. The lowest BCUT2D eigenvalue weighted by Crippen LogP contribution is -2.10. The third-order valence-electron chi connectivity index (χ3n) is 3.71. The van der Waals surface area contributed by atoms with Crippen molar-refractivity contribution in [1.29, 1.82) is 0 Å². The van der Waals surface area contributed by atoms with Gasteiger partial charge in [-0.1, -0.05) is 25.4 Å². The Hall–Kier alpha value is -1.51. The Balaban J connectivity index is 2.76. The normalized spacial score (nSPS) is 15.7. The van der Waals surface area contributed by atoms with Crippen LogP contribution in [0.25, 0.3) is 0 Å². The van der Waals surface area contributed by atoms with Crippen molar-refractivity contribution in [1.82, 2.24) is 0 Å². The first kappa shape index (κ1) is 14.9. The molecule has 0 amide bonds. The van der Waals surface area contributed by atoms with Crippen molar-refractivity contribution in [2.24, 2.45) is 4.99 Å². The molecule has 1 aromatic carbocycles. The van der Waals surface area contributed by atoms with Gasteiger partial charge < -0.3 is 9.47 Å². The molecule has 0 heterocycles. The number of carbonyl (C=O) groups excluding carboxylic acids is 1. The van der Waals surface area contributed by atoms with Crippen LogP contribution in [-0.4, -0.2) is 20.3 Å². The zero-order valence-electron chi connectivity index (χ0n) is 12.1. The molecule has 0 spiro atoms. The number of ether oxygens (including phenoxy) is 2. The molecule has 108 valence electrons. The molecule has 0 saturated heterocycles. The standard InChI is InChI=1S/C15H18ClNO3/c1-9(2)10-7-11(19-3)14(20-4)12(13(10)16)15(5-6-15)17-8-18/h7,9H,5-6H2,1-4H3. The van der Waals surface area contributed by atoms with Gasteiger partial charge in [-0.2, -0.15) is 4.99 Å². The molecule has 1 aliphatic carbocycles. The van der Waals surface area contributed by atoms with Crippen LogP contribution < -0.4 is 9.47 Å². The number of halogens is 1. The van der Waals surface area contributed by atoms with E-state index in [2.05, 4.69) is 18.8 Å². The summed E-state index contributed by atoms with van der Waals surface area (Å²) in [5.74, 6) is 1.40. The molecule has 0 bridgehead atoms. The highest BCUT2D eigenvalue weighted by atomic mass is 35.5. The molecule has 20 heavy (non-hydrogen) atoms. The maximum atomic E-state index is 10.7. The molecule has 0 N–H and O–H groups in total. The largest absolute Gasteiger partial charge is 0.493 e. The first-order valence-corrected chi connectivity index (χ1v) is 6.92. The monoisotopic (exact) mass is 295 g/mol. The van der Waals surface area contributed by atoms with E-state index in [1.807, 2.05) is 6.07 Å². The van der Waals surface area contributed by atoms with Gasteiger partial charge in [0, 0.05) is 5.56 Å². The quantitative estimate of drug-likeness (QED) is 0.613. The van der Waals surface area contributed by atoms with Crippen molar-refractivity contribution in [3.8, 4) is 11.5 Å². The number of rotatable bonds is 5. The molecule has 4 nitrogen and oxygen atoms in total. The van der Waals surface area contributed by atoms with E-state index in [-0.39, 0.29) is 5.92 Å². The van der Waals surface area contributed by atoms with Crippen LogP contribution in [0.15, 0.2) is 11.1 Å². The Kier molecular flexibility index (Phi) is 4.07. The van der Waals surface area contributed by atoms with E-state index in [0.29, 0.717) is 16.5 Å². The molecule has 5 heteroatoms. The van der Waals surface area contributed by atoms with Crippen LogP contribution in [-0.2, 0) is 10.3 Å². The second-order valence-corrected chi connectivity index (χ2v) is 5.66. The van der Waals surface area contributed by atoms with Crippen LogP contribution in [0.5, 0.6) is 11.5 Å². The van der Waals surface area contributed by atoms with Crippen molar-refractivity contribution in [3.05, 3.63) is 22.2 Å². The summed E-state index contributed by atoms with van der Waals surface area (Å²) in [5.41, 5.74) is 1.11. The number of isocyanates is 1. The molecule has 1 aromatic rings. The fraction of sp³-hybridized carbons (Fsp3) is 0.533. The van der Waals surface area contributed by atoms with Crippen LogP contribution in [0.4, 0.5) is 0 Å². The molecule has 1 fully saturated rings. The van der Waals surface area contributed by atoms with Gasteiger partial charge in [0.15, 0.2) is 11.5 Å². The lowest BCUT2D eigenvalue weighted by Gasteiger charge is -2.22. The Morgan fingerprint density at radius 2 is 2.00 bits per heavy atom. The van der Waals surface area contributed by atoms with Gasteiger partial charge in [0.1, 0.15) is 5.54 Å². The minimum absolute atomic E-state index is 0.233. The lowest BCUT2D eigenvalue weighted by molar-refractivity contribution is 0.348. The maximum Gasteiger partial charge on any atom is 0.235 e. The molecule has 0 aromatic heterocycles. The number of hydrogen-bond donors (Lipinski definition) is 0. The van der Waals surface area contributed by atoms with Crippen molar-refractivity contribution in [2.75, 3.05) is 14.2 Å². The van der Waals surface area contributed by atoms with Crippen molar-refractivity contribution < 1.29 is 14.3 Å². The smallest absolute Gasteiger partial charge is 0.235 e. The summed E-state index contributed by atoms with van der Waals surface area (Å²) in [5, 5.41) is 0.606. The third-order valence-corrected chi connectivity index (χ3v) is 4.11. The fourth-order valence-electron chi connectivity index (χ4n) is 2.45. The molecule has 2 rings (SSSR count). The second kappa shape index (κ2) is 5.47. The molecule has 0 radical (unpaired) electrons. The Morgan fingerprint density at radius 3 is 2.40 bits per heavy atom. The highest BCUT2D eigenvalue weighted by Crippen LogP contribution is 2.57. The minimum Gasteiger partial charge on any atom is -0.493 e. The minimum atomic E-state index is -0.595. The Morgan fingerprint density at radius 1 is 1.35 bits per heavy atom. The van der Waals surface area contributed by atoms with E-state index >= 15 is 0 Å². The summed E-state index contributed by atoms with van der Waals surface area (Å²) in [7, 11) is 3.15. The van der Waals surface area contributed by atoms with Gasteiger partial charge in [-0.3, -0.25) is 0 Å². The van der Waals surface area contributed by atoms with E-state index in [1.165, 1.54) is 0 Å². The molecule has 0 unspecified atom stereocenters. The average molecular weight is 296 g/mol. The van der Waals surface area contributed by atoms with Gasteiger partial charge >= 0.3 is 0 Å². The van der Waals surface area contributed by atoms with Crippen LogP contribution in [0.3, 0.4) is 0 Å². The lowest BCUT2D eigenvalue weighted by atomic mass is 9.94. The average Bonchev–Trinajstić information content (AvgIpc) is 3.18. The molecular formula is C15H18ClNO3. The van der Waals surface area contributed by atoms with Gasteiger partial charge in [0.25, 0.3) is 0 Å². The summed E-state index contributed by atoms with van der Waals surface area (Å²) in [4.78, 5) is 14.7. The van der Waals surface area contributed by atoms with E-state index < -0.39 is 5.54 Å². The van der Waals surface area contributed by atoms with Crippen LogP contribution >= 0.6 is 11.6 Å². The zero-order chi connectivity index (χ0) is 14.9. The number of hydrogen-bond acceptors (Lipinski definition) is 4. The maximum absolute atomic E-state index is 10.7. The SMILES string of the molecule is COc1cc(C(C)C)c(Cl)c(C2(N=C=O)CC2)c1OC. The number of nitrogens with zero attached hydrogens (tertiary/aromatic N) is 1. The summed E-state index contributed by atoms with van der Waals surface area (Å²) < 4.78 is 10.9. The van der Waals surface area contributed by atoms with E-state index in [0.717, 1.165) is 24.0 Å². The number of methoxy groups -OCH3 is 2. The van der Waals surface area contributed by atoms with Crippen LogP contribution in [0.1, 0.15) is 43.7 Å². The molecule has 1 aliphatic rings. The number of benzene rings is 1. The van der Waals surface area contributed by atoms with Crippen molar-refractivity contribution in [3.63, 3.8) is 0 Å². The van der Waals surface area contributed by atoms with Crippen molar-refractivity contribution >= 4 is 17.7 Å².